The summed E-state index contributed by atoms with van der Waals surface area (Å²) in [5.74, 6) is 0.603. The summed E-state index contributed by atoms with van der Waals surface area (Å²) in [6.07, 6.45) is 0.834. The molecule has 0 saturated heterocycles. The standard InChI is InChI=1S/C23H30N2O4/c1-5-14-24-23(27)18(3)25(15-19-11-7-6-10-17(19)2)22(26)16-29-21-13-9-8-12-20(21)28-4/h6-13,18H,5,14-16H2,1-4H3,(H,24,27). The van der Waals surface area contributed by atoms with Crippen LogP contribution >= 0.6 is 0 Å². The van der Waals surface area contributed by atoms with Crippen LogP contribution in [-0.4, -0.2) is 43.0 Å². The smallest absolute Gasteiger partial charge is 0.261 e. The first kappa shape index (κ1) is 22.3. The second kappa shape index (κ2) is 11.1. The van der Waals surface area contributed by atoms with Crippen LogP contribution in [0.2, 0.25) is 0 Å². The van der Waals surface area contributed by atoms with E-state index < -0.39 is 6.04 Å². The summed E-state index contributed by atoms with van der Waals surface area (Å²) in [6.45, 7) is 6.45. The van der Waals surface area contributed by atoms with Crippen molar-refractivity contribution in [3.63, 3.8) is 0 Å². The number of nitrogens with one attached hydrogen (secondary N) is 1. The van der Waals surface area contributed by atoms with E-state index in [4.69, 9.17) is 9.47 Å². The van der Waals surface area contributed by atoms with Gasteiger partial charge in [0, 0.05) is 13.1 Å². The molecule has 2 amide bonds. The number of methoxy groups -OCH3 is 1. The lowest BCUT2D eigenvalue weighted by molar-refractivity contribution is -0.142. The zero-order valence-corrected chi connectivity index (χ0v) is 17.6. The molecule has 1 N–H and O–H groups in total. The van der Waals surface area contributed by atoms with E-state index in [2.05, 4.69) is 5.32 Å². The number of hydrogen-bond acceptors (Lipinski definition) is 4. The number of para-hydroxylation sites is 2. The van der Waals surface area contributed by atoms with Gasteiger partial charge in [-0.1, -0.05) is 43.3 Å². The molecule has 29 heavy (non-hydrogen) atoms. The molecule has 0 aromatic heterocycles. The minimum atomic E-state index is -0.616. The van der Waals surface area contributed by atoms with Crippen LogP contribution < -0.4 is 14.8 Å². The molecule has 6 nitrogen and oxygen atoms in total. The number of ether oxygens (including phenoxy) is 2. The lowest BCUT2D eigenvalue weighted by Crippen LogP contribution is -2.49. The summed E-state index contributed by atoms with van der Waals surface area (Å²) in [6, 6.07) is 14.4. The molecular formula is C23H30N2O4. The molecule has 0 heterocycles. The van der Waals surface area contributed by atoms with Crippen LogP contribution in [0.1, 0.15) is 31.4 Å². The van der Waals surface area contributed by atoms with E-state index in [-0.39, 0.29) is 18.4 Å². The van der Waals surface area contributed by atoms with E-state index in [0.29, 0.717) is 24.6 Å². The van der Waals surface area contributed by atoms with Crippen molar-refractivity contribution in [1.82, 2.24) is 10.2 Å². The van der Waals surface area contributed by atoms with Crippen molar-refractivity contribution in [3.8, 4) is 11.5 Å². The quantitative estimate of drug-likeness (QED) is 0.667. The molecule has 0 aliphatic heterocycles. The van der Waals surface area contributed by atoms with Crippen molar-refractivity contribution in [2.24, 2.45) is 0 Å². The molecule has 0 radical (unpaired) electrons. The normalized spacial score (nSPS) is 11.4. The van der Waals surface area contributed by atoms with Crippen molar-refractivity contribution in [3.05, 3.63) is 59.7 Å². The third-order valence-corrected chi connectivity index (χ3v) is 4.74. The van der Waals surface area contributed by atoms with Gasteiger partial charge in [0.05, 0.1) is 7.11 Å². The molecule has 2 aromatic carbocycles. The van der Waals surface area contributed by atoms with Gasteiger partial charge in [0.15, 0.2) is 18.1 Å². The predicted octanol–water partition coefficient (Wildman–Crippen LogP) is 3.33. The molecule has 0 fully saturated rings. The number of aryl methyl sites for hydroxylation is 1. The van der Waals surface area contributed by atoms with Gasteiger partial charge in [0.25, 0.3) is 5.91 Å². The monoisotopic (exact) mass is 398 g/mol. The highest BCUT2D eigenvalue weighted by Gasteiger charge is 2.26. The number of carbonyl (C=O) groups is 2. The zero-order valence-electron chi connectivity index (χ0n) is 17.6. The first-order chi connectivity index (χ1) is 14.0. The minimum absolute atomic E-state index is 0.175. The SMILES string of the molecule is CCCNC(=O)C(C)N(Cc1ccccc1C)C(=O)COc1ccccc1OC. The summed E-state index contributed by atoms with van der Waals surface area (Å²) >= 11 is 0. The lowest BCUT2D eigenvalue weighted by Gasteiger charge is -2.29. The largest absolute Gasteiger partial charge is 0.493 e. The maximum absolute atomic E-state index is 13.0. The Morgan fingerprint density at radius 1 is 1.07 bits per heavy atom. The van der Waals surface area contributed by atoms with Crippen molar-refractivity contribution in [2.75, 3.05) is 20.3 Å². The third-order valence-electron chi connectivity index (χ3n) is 4.74. The van der Waals surface area contributed by atoms with Crippen molar-refractivity contribution >= 4 is 11.8 Å². The van der Waals surface area contributed by atoms with Crippen molar-refractivity contribution in [2.45, 2.75) is 39.8 Å². The first-order valence-electron chi connectivity index (χ1n) is 9.85. The Morgan fingerprint density at radius 3 is 2.38 bits per heavy atom. The molecule has 0 aliphatic rings. The van der Waals surface area contributed by atoms with E-state index in [1.807, 2.05) is 50.2 Å². The Balaban J connectivity index is 2.17. The van der Waals surface area contributed by atoms with E-state index in [0.717, 1.165) is 17.5 Å². The Morgan fingerprint density at radius 2 is 1.72 bits per heavy atom. The number of carbonyl (C=O) groups excluding carboxylic acids is 2. The summed E-state index contributed by atoms with van der Waals surface area (Å²) in [5.41, 5.74) is 2.06. The van der Waals surface area contributed by atoms with Crippen molar-refractivity contribution < 1.29 is 19.1 Å². The molecule has 1 unspecified atom stereocenters. The molecule has 0 bridgehead atoms. The van der Waals surface area contributed by atoms with Crippen LogP contribution in [0.4, 0.5) is 0 Å². The number of rotatable bonds is 10. The Labute approximate surface area is 172 Å². The van der Waals surface area contributed by atoms with Gasteiger partial charge in [0.1, 0.15) is 6.04 Å². The molecule has 2 rings (SSSR count). The van der Waals surface area contributed by atoms with Gasteiger partial charge in [-0.2, -0.15) is 0 Å². The van der Waals surface area contributed by atoms with E-state index in [9.17, 15) is 9.59 Å². The van der Waals surface area contributed by atoms with Gasteiger partial charge >= 0.3 is 0 Å². The summed E-state index contributed by atoms with van der Waals surface area (Å²) in [5, 5.41) is 2.87. The first-order valence-corrected chi connectivity index (χ1v) is 9.85. The number of benzene rings is 2. The molecule has 156 valence electrons. The fourth-order valence-electron chi connectivity index (χ4n) is 2.91. The van der Waals surface area contributed by atoms with Crippen molar-refractivity contribution in [1.29, 1.82) is 0 Å². The van der Waals surface area contributed by atoms with Gasteiger partial charge in [-0.25, -0.2) is 0 Å². The van der Waals surface area contributed by atoms with Gasteiger partial charge in [-0.3, -0.25) is 9.59 Å². The highest BCUT2D eigenvalue weighted by molar-refractivity contribution is 5.88. The number of hydrogen-bond donors (Lipinski definition) is 1. The maximum atomic E-state index is 13.0. The third kappa shape index (κ3) is 6.24. The zero-order chi connectivity index (χ0) is 21.2. The Kier molecular flexibility index (Phi) is 8.52. The molecule has 6 heteroatoms. The average molecular weight is 399 g/mol. The summed E-state index contributed by atoms with van der Waals surface area (Å²) < 4.78 is 11.0. The van der Waals surface area contributed by atoms with E-state index in [1.165, 1.54) is 0 Å². The minimum Gasteiger partial charge on any atom is -0.493 e. The molecule has 2 aromatic rings. The van der Waals surface area contributed by atoms with Crippen LogP contribution in [0, 0.1) is 6.92 Å². The van der Waals surface area contributed by atoms with Crippen LogP contribution in [0.25, 0.3) is 0 Å². The second-order valence-electron chi connectivity index (χ2n) is 6.85. The molecule has 0 aliphatic carbocycles. The summed E-state index contributed by atoms with van der Waals surface area (Å²) in [4.78, 5) is 27.1. The van der Waals surface area contributed by atoms with Crippen LogP contribution in [0.3, 0.4) is 0 Å². The highest BCUT2D eigenvalue weighted by atomic mass is 16.5. The predicted molar refractivity (Wildman–Crippen MR) is 113 cm³/mol. The number of amides is 2. The van der Waals surface area contributed by atoms with E-state index in [1.54, 1.807) is 31.1 Å². The molecular weight excluding hydrogens is 368 g/mol. The van der Waals surface area contributed by atoms with Gasteiger partial charge in [0.2, 0.25) is 5.91 Å². The molecule has 1 atom stereocenters. The fourth-order valence-corrected chi connectivity index (χ4v) is 2.91. The van der Waals surface area contributed by atoms with Gasteiger partial charge in [-0.05, 0) is 43.5 Å². The maximum Gasteiger partial charge on any atom is 0.261 e. The Bertz CT molecular complexity index is 822. The molecule has 0 saturated carbocycles. The second-order valence-corrected chi connectivity index (χ2v) is 6.85. The van der Waals surface area contributed by atoms with Crippen LogP contribution in [0.5, 0.6) is 11.5 Å². The van der Waals surface area contributed by atoms with Gasteiger partial charge < -0.3 is 19.7 Å². The van der Waals surface area contributed by atoms with Crippen LogP contribution in [-0.2, 0) is 16.1 Å². The Hall–Kier alpha value is -3.02. The van der Waals surface area contributed by atoms with Gasteiger partial charge in [-0.15, -0.1) is 0 Å². The average Bonchev–Trinajstić information content (AvgIpc) is 2.74. The summed E-state index contributed by atoms with van der Waals surface area (Å²) in [7, 11) is 1.55. The van der Waals surface area contributed by atoms with E-state index >= 15 is 0 Å². The number of nitrogens with zero attached hydrogens (tertiary/aromatic N) is 1. The topological polar surface area (TPSA) is 67.9 Å². The highest BCUT2D eigenvalue weighted by Crippen LogP contribution is 2.26. The molecule has 0 spiro atoms. The fraction of sp³-hybridized carbons (Fsp3) is 0.391. The van der Waals surface area contributed by atoms with Crippen LogP contribution in [0.15, 0.2) is 48.5 Å². The lowest BCUT2D eigenvalue weighted by atomic mass is 10.1.